The second kappa shape index (κ2) is 15.7. The number of hydrogen-bond donors (Lipinski definition) is 3. The Morgan fingerprint density at radius 1 is 1.14 bits per heavy atom. The molecule has 0 atom stereocenters. The Bertz CT molecular complexity index is 206. The topological polar surface area (TPSA) is 77.8 Å². The Labute approximate surface area is 102 Å². The predicted octanol–water partition coefficient (Wildman–Crippen LogP) is -0.363. The van der Waals surface area contributed by atoms with E-state index in [-0.39, 0.29) is 13.2 Å². The Balaban J connectivity index is 0. The van der Waals surface area contributed by atoms with Gasteiger partial charge in [-0.1, -0.05) is 0 Å². The van der Waals surface area contributed by atoms with Crippen LogP contribution in [0.5, 0.6) is 0 Å². The normalized spacial score (nSPS) is 8.07. The minimum atomic E-state index is -0.833. The van der Waals surface area contributed by atoms with Gasteiger partial charge in [0, 0.05) is 0 Å². The van der Waals surface area contributed by atoms with E-state index in [1.165, 1.54) is 30.7 Å². The van der Waals surface area contributed by atoms with Crippen LogP contribution in [0, 0.1) is 0 Å². The van der Waals surface area contributed by atoms with E-state index in [1.807, 2.05) is 6.07 Å². The zero-order chi connectivity index (χ0) is 11.2. The van der Waals surface area contributed by atoms with Gasteiger partial charge in [-0.15, -0.1) is 0 Å². The van der Waals surface area contributed by atoms with Crippen LogP contribution < -0.4 is 2.81 Å². The van der Waals surface area contributed by atoms with Crippen molar-refractivity contribution in [2.24, 2.45) is 0 Å². The molecule has 14 heavy (non-hydrogen) atoms. The van der Waals surface area contributed by atoms with Crippen LogP contribution in [0.2, 0.25) is 0 Å². The van der Waals surface area contributed by atoms with Gasteiger partial charge in [-0.3, -0.25) is 0 Å². The molecule has 0 aromatic heterocycles. The first kappa shape index (κ1) is 16.6. The fraction of sp³-hybridized carbons (Fsp3) is 0.250. The van der Waals surface area contributed by atoms with E-state index in [2.05, 4.69) is 24.3 Å². The summed E-state index contributed by atoms with van der Waals surface area (Å²) in [5, 5.41) is 15.2. The van der Waals surface area contributed by atoms with E-state index in [0.29, 0.717) is 0 Å². The van der Waals surface area contributed by atoms with Crippen LogP contribution in [0.4, 0.5) is 0 Å². The molecule has 0 aliphatic rings. The fourth-order valence-electron chi connectivity index (χ4n) is 0.534. The number of rotatable bonds is 1. The molecule has 0 bridgehead atoms. The summed E-state index contributed by atoms with van der Waals surface area (Å²) in [5.74, 6) is 0. The third-order valence-corrected chi connectivity index (χ3v) is 1.71. The summed E-state index contributed by atoms with van der Waals surface area (Å²) >= 11 is 1.17. The first-order valence-electron chi connectivity index (χ1n) is 3.93. The Hall–Kier alpha value is 0.200. The minimum absolute atomic E-state index is 0.125. The SMILES string of the molecule is O=PO.OCCO.[Na][c]1ccccc1. The van der Waals surface area contributed by atoms with Crippen molar-refractivity contribution < 1.29 is 19.7 Å². The summed E-state index contributed by atoms with van der Waals surface area (Å²) in [4.78, 5) is 6.99. The van der Waals surface area contributed by atoms with Crippen LogP contribution in [0.25, 0.3) is 0 Å². The van der Waals surface area contributed by atoms with Crippen molar-refractivity contribution in [3.8, 4) is 0 Å². The number of benzene rings is 1. The Morgan fingerprint density at radius 3 is 1.64 bits per heavy atom. The Morgan fingerprint density at radius 2 is 1.50 bits per heavy atom. The molecule has 0 saturated heterocycles. The second-order valence-electron chi connectivity index (χ2n) is 2.18. The van der Waals surface area contributed by atoms with Crippen LogP contribution in [-0.2, 0) is 4.57 Å². The first-order chi connectivity index (χ1) is 6.72. The molecule has 0 aliphatic heterocycles. The molecule has 0 spiro atoms. The van der Waals surface area contributed by atoms with E-state index in [1.54, 1.807) is 0 Å². The van der Waals surface area contributed by atoms with E-state index >= 15 is 0 Å². The van der Waals surface area contributed by atoms with Crippen LogP contribution in [0.15, 0.2) is 30.3 Å². The summed E-state index contributed by atoms with van der Waals surface area (Å²) in [6, 6.07) is 10.5. The number of aliphatic hydroxyl groups is 2. The van der Waals surface area contributed by atoms with Gasteiger partial charge in [0.2, 0.25) is 0 Å². The zero-order valence-corrected chi connectivity index (χ0v) is 10.9. The van der Waals surface area contributed by atoms with Crippen LogP contribution in [0.1, 0.15) is 0 Å². The van der Waals surface area contributed by atoms with Crippen molar-refractivity contribution in [2.75, 3.05) is 13.2 Å². The average Bonchev–Trinajstić information content (AvgIpc) is 2.21. The molecule has 0 fully saturated rings. The van der Waals surface area contributed by atoms with Gasteiger partial charge in [-0.2, -0.15) is 0 Å². The van der Waals surface area contributed by atoms with Crippen molar-refractivity contribution in [3.05, 3.63) is 30.3 Å². The third-order valence-electron chi connectivity index (χ3n) is 1.04. The van der Waals surface area contributed by atoms with E-state index in [4.69, 9.17) is 19.7 Å². The van der Waals surface area contributed by atoms with Gasteiger partial charge < -0.3 is 15.1 Å². The van der Waals surface area contributed by atoms with Gasteiger partial charge in [0.05, 0.1) is 13.2 Å². The van der Waals surface area contributed by atoms with Crippen LogP contribution in [0.3, 0.4) is 0 Å². The summed E-state index contributed by atoms with van der Waals surface area (Å²) < 4.78 is 9.92. The van der Waals surface area contributed by atoms with E-state index in [9.17, 15) is 0 Å². The number of aliphatic hydroxyl groups excluding tert-OH is 2. The standard InChI is InChI=1S/C6H5.C2H6O2.Na.HO2P/c1-2-4-6-5-3-1;3-1-2-4;;1-3-2/h1-5H;3-4H,1-2H2;;(H,1,2). The summed E-state index contributed by atoms with van der Waals surface area (Å²) in [5.41, 5.74) is 0. The molecule has 74 valence electrons. The molecular formula is C8H12NaO4P. The summed E-state index contributed by atoms with van der Waals surface area (Å²) in [6.07, 6.45) is 0. The van der Waals surface area contributed by atoms with Gasteiger partial charge in [0.25, 0.3) is 0 Å². The van der Waals surface area contributed by atoms with Crippen molar-refractivity contribution in [1.82, 2.24) is 0 Å². The first-order valence-corrected chi connectivity index (χ1v) is 5.69. The van der Waals surface area contributed by atoms with Gasteiger partial charge >= 0.3 is 69.8 Å². The van der Waals surface area contributed by atoms with Gasteiger partial charge in [0.15, 0.2) is 0 Å². The summed E-state index contributed by atoms with van der Waals surface area (Å²) in [6.45, 7) is -0.250. The summed E-state index contributed by atoms with van der Waals surface area (Å²) in [7, 11) is -0.833. The monoisotopic (exact) mass is 226 g/mol. The molecule has 0 radical (unpaired) electrons. The van der Waals surface area contributed by atoms with Crippen molar-refractivity contribution in [1.29, 1.82) is 0 Å². The van der Waals surface area contributed by atoms with Crippen LogP contribution in [-0.4, -0.2) is 56.3 Å². The van der Waals surface area contributed by atoms with Crippen molar-refractivity contribution >= 4 is 39.4 Å². The molecule has 1 aromatic rings. The van der Waals surface area contributed by atoms with Gasteiger partial charge in [0.1, 0.15) is 0 Å². The maximum absolute atomic E-state index is 8.46. The van der Waals surface area contributed by atoms with Gasteiger partial charge in [-0.25, -0.2) is 4.57 Å². The molecule has 0 aliphatic carbocycles. The molecule has 0 unspecified atom stereocenters. The molecule has 0 saturated carbocycles. The second-order valence-corrected chi connectivity index (χ2v) is 3.50. The molecule has 4 nitrogen and oxygen atoms in total. The molecular weight excluding hydrogens is 214 g/mol. The molecule has 1 rings (SSSR count). The molecule has 1 aromatic carbocycles. The Kier molecular flexibility index (Phi) is 18.6. The number of hydrogen-bond acceptors (Lipinski definition) is 3. The average molecular weight is 226 g/mol. The maximum atomic E-state index is 8.46. The van der Waals surface area contributed by atoms with E-state index in [0.717, 1.165) is 0 Å². The fourth-order valence-corrected chi connectivity index (χ4v) is 0.919. The van der Waals surface area contributed by atoms with E-state index < -0.39 is 8.69 Å². The van der Waals surface area contributed by atoms with Crippen molar-refractivity contribution in [3.63, 3.8) is 0 Å². The molecule has 3 N–H and O–H groups in total. The zero-order valence-electron chi connectivity index (χ0n) is 8.00. The molecule has 0 heterocycles. The van der Waals surface area contributed by atoms with Gasteiger partial charge in [-0.05, 0) is 0 Å². The third kappa shape index (κ3) is 18.1. The predicted molar refractivity (Wildman–Crippen MR) is 55.8 cm³/mol. The van der Waals surface area contributed by atoms with Crippen molar-refractivity contribution in [2.45, 2.75) is 0 Å². The quantitative estimate of drug-likeness (QED) is 0.451. The van der Waals surface area contributed by atoms with Crippen LogP contribution >= 0.6 is 8.69 Å². The molecule has 6 heteroatoms. The molecule has 0 amide bonds.